The molecule has 2 heterocycles. The number of fused-ring (bicyclic) bond motifs is 1. The van der Waals surface area contributed by atoms with E-state index in [1.165, 1.54) is 0 Å². The van der Waals surface area contributed by atoms with Crippen LogP contribution in [0.15, 0.2) is 42.9 Å². The fourth-order valence-corrected chi connectivity index (χ4v) is 2.25. The second-order valence-electron chi connectivity index (χ2n) is 5.13. The van der Waals surface area contributed by atoms with Crippen LogP contribution in [-0.4, -0.2) is 21.4 Å². The summed E-state index contributed by atoms with van der Waals surface area (Å²) in [5, 5.41) is 3.03. The van der Waals surface area contributed by atoms with E-state index in [1.54, 1.807) is 6.20 Å². The molecule has 108 valence electrons. The Labute approximate surface area is 123 Å². The number of ether oxygens (including phenoxy) is 1. The highest BCUT2D eigenvalue weighted by molar-refractivity contribution is 5.55. The van der Waals surface area contributed by atoms with Gasteiger partial charge in [-0.1, -0.05) is 32.0 Å². The van der Waals surface area contributed by atoms with Crippen molar-refractivity contribution in [1.29, 1.82) is 0 Å². The van der Waals surface area contributed by atoms with Crippen LogP contribution < -0.4 is 10.1 Å². The third-order valence-electron chi connectivity index (χ3n) is 3.35. The summed E-state index contributed by atoms with van der Waals surface area (Å²) in [4.78, 5) is 8.78. The van der Waals surface area contributed by atoms with E-state index in [4.69, 9.17) is 4.74 Å². The number of hydrogen-bond acceptors (Lipinski definition) is 4. The Morgan fingerprint density at radius 2 is 2.05 bits per heavy atom. The molecule has 0 aliphatic rings. The van der Waals surface area contributed by atoms with Crippen LogP contribution in [0.5, 0.6) is 11.6 Å². The van der Waals surface area contributed by atoms with Crippen LogP contribution in [0.3, 0.4) is 0 Å². The molecule has 0 radical (unpaired) electrons. The molecule has 0 saturated carbocycles. The van der Waals surface area contributed by atoms with E-state index in [2.05, 4.69) is 35.2 Å². The third kappa shape index (κ3) is 2.54. The predicted octanol–water partition coefficient (Wildman–Crippen LogP) is 3.69. The van der Waals surface area contributed by atoms with Gasteiger partial charge in [-0.15, -0.1) is 0 Å². The Bertz CT molecular complexity index is 764. The number of benzene rings is 1. The lowest BCUT2D eigenvalue weighted by Gasteiger charge is -2.14. The number of nitrogens with zero attached hydrogens (tertiary/aromatic N) is 3. The lowest BCUT2D eigenvalue weighted by molar-refractivity contribution is 0.457. The van der Waals surface area contributed by atoms with Crippen LogP contribution in [0.25, 0.3) is 5.65 Å². The minimum Gasteiger partial charge on any atom is -0.436 e. The maximum absolute atomic E-state index is 6.05. The molecular formula is C16H18N4O. The zero-order valence-electron chi connectivity index (χ0n) is 12.4. The van der Waals surface area contributed by atoms with E-state index < -0.39 is 0 Å². The Hall–Kier alpha value is -2.56. The number of nitrogens with one attached hydrogen (secondary N) is 1. The van der Waals surface area contributed by atoms with Gasteiger partial charge in [0, 0.05) is 19.4 Å². The van der Waals surface area contributed by atoms with E-state index >= 15 is 0 Å². The molecule has 0 fully saturated rings. The number of anilines is 1. The third-order valence-corrected chi connectivity index (χ3v) is 3.35. The first-order chi connectivity index (χ1) is 10.2. The fraction of sp³-hybridized carbons (Fsp3) is 0.250. The van der Waals surface area contributed by atoms with E-state index in [9.17, 15) is 0 Å². The molecule has 0 aliphatic carbocycles. The first-order valence-corrected chi connectivity index (χ1v) is 6.97. The Kier molecular flexibility index (Phi) is 3.48. The van der Waals surface area contributed by atoms with Crippen molar-refractivity contribution in [3.8, 4) is 11.6 Å². The smallest absolute Gasteiger partial charge is 0.265 e. The summed E-state index contributed by atoms with van der Waals surface area (Å²) in [5.74, 6) is 2.43. The molecule has 0 unspecified atom stereocenters. The van der Waals surface area contributed by atoms with Crippen molar-refractivity contribution in [3.63, 3.8) is 0 Å². The Morgan fingerprint density at radius 1 is 1.24 bits per heavy atom. The van der Waals surface area contributed by atoms with Gasteiger partial charge in [-0.3, -0.25) is 4.40 Å². The minimum absolute atomic E-state index is 0.379. The molecule has 21 heavy (non-hydrogen) atoms. The second-order valence-corrected chi connectivity index (χ2v) is 5.13. The van der Waals surface area contributed by atoms with Crippen LogP contribution >= 0.6 is 0 Å². The summed E-state index contributed by atoms with van der Waals surface area (Å²) in [6.45, 7) is 4.29. The molecule has 1 aromatic carbocycles. The zero-order chi connectivity index (χ0) is 14.8. The number of hydrogen-bond donors (Lipinski definition) is 1. The Balaban J connectivity index is 2.07. The van der Waals surface area contributed by atoms with E-state index in [0.717, 1.165) is 17.1 Å². The molecule has 0 bridgehead atoms. The number of rotatable bonds is 4. The van der Waals surface area contributed by atoms with Gasteiger partial charge in [0.15, 0.2) is 0 Å². The van der Waals surface area contributed by atoms with Crippen LogP contribution in [-0.2, 0) is 0 Å². The molecule has 0 saturated heterocycles. The second kappa shape index (κ2) is 5.44. The largest absolute Gasteiger partial charge is 0.436 e. The highest BCUT2D eigenvalue weighted by Gasteiger charge is 2.13. The molecule has 3 aromatic rings. The van der Waals surface area contributed by atoms with Crippen LogP contribution in [0, 0.1) is 0 Å². The predicted molar refractivity (Wildman–Crippen MR) is 83.1 cm³/mol. The lowest BCUT2D eigenvalue weighted by Crippen LogP contribution is -2.01. The van der Waals surface area contributed by atoms with Gasteiger partial charge in [-0.2, -0.15) is 4.98 Å². The summed E-state index contributed by atoms with van der Waals surface area (Å²) in [7, 11) is 1.83. The van der Waals surface area contributed by atoms with Gasteiger partial charge in [0.2, 0.25) is 5.65 Å². The van der Waals surface area contributed by atoms with Gasteiger partial charge < -0.3 is 10.1 Å². The summed E-state index contributed by atoms with van der Waals surface area (Å²) >= 11 is 0. The summed E-state index contributed by atoms with van der Waals surface area (Å²) in [5.41, 5.74) is 1.85. The molecular weight excluding hydrogens is 264 g/mol. The van der Waals surface area contributed by atoms with Crippen molar-refractivity contribution in [3.05, 3.63) is 48.4 Å². The molecule has 0 amide bonds. The summed E-state index contributed by atoms with van der Waals surface area (Å²) in [6, 6.07) is 8.02. The van der Waals surface area contributed by atoms with Gasteiger partial charge >= 0.3 is 0 Å². The standard InChI is InChI=1S/C16H18N4O/c1-11(2)12-6-4-5-7-13(12)21-16-15-18-8-9-20(15)10-14(17-3)19-16/h4-11,17H,1-3H3. The van der Waals surface area contributed by atoms with Gasteiger partial charge in [0.05, 0.1) is 6.20 Å². The highest BCUT2D eigenvalue weighted by atomic mass is 16.5. The highest BCUT2D eigenvalue weighted by Crippen LogP contribution is 2.31. The summed E-state index contributed by atoms with van der Waals surface area (Å²) in [6.07, 6.45) is 5.49. The average molecular weight is 282 g/mol. The number of imidazole rings is 1. The van der Waals surface area contributed by atoms with Crippen LogP contribution in [0.2, 0.25) is 0 Å². The van der Waals surface area contributed by atoms with E-state index in [-0.39, 0.29) is 0 Å². The number of aromatic nitrogens is 3. The summed E-state index contributed by atoms with van der Waals surface area (Å²) < 4.78 is 7.95. The first-order valence-electron chi connectivity index (χ1n) is 6.97. The van der Waals surface area contributed by atoms with Gasteiger partial charge in [0.25, 0.3) is 5.88 Å². The van der Waals surface area contributed by atoms with Crippen molar-refractivity contribution >= 4 is 11.5 Å². The van der Waals surface area contributed by atoms with Crippen molar-refractivity contribution in [2.45, 2.75) is 19.8 Å². The normalized spacial score (nSPS) is 11.0. The molecule has 5 heteroatoms. The van der Waals surface area contributed by atoms with Crippen molar-refractivity contribution in [2.75, 3.05) is 12.4 Å². The molecule has 1 N–H and O–H groups in total. The first kappa shape index (κ1) is 13.4. The minimum atomic E-state index is 0.379. The van der Waals surface area contributed by atoms with Gasteiger partial charge in [-0.25, -0.2) is 4.98 Å². The molecule has 2 aromatic heterocycles. The van der Waals surface area contributed by atoms with Crippen molar-refractivity contribution in [1.82, 2.24) is 14.4 Å². The topological polar surface area (TPSA) is 51.5 Å². The molecule has 0 aliphatic heterocycles. The monoisotopic (exact) mass is 282 g/mol. The number of para-hydroxylation sites is 1. The van der Waals surface area contributed by atoms with E-state index in [1.807, 2.05) is 42.0 Å². The van der Waals surface area contributed by atoms with Crippen molar-refractivity contribution in [2.24, 2.45) is 0 Å². The molecule has 5 nitrogen and oxygen atoms in total. The van der Waals surface area contributed by atoms with Crippen LogP contribution in [0.1, 0.15) is 25.3 Å². The van der Waals surface area contributed by atoms with E-state index in [0.29, 0.717) is 17.4 Å². The fourth-order valence-electron chi connectivity index (χ4n) is 2.25. The van der Waals surface area contributed by atoms with Gasteiger partial charge in [0.1, 0.15) is 11.6 Å². The average Bonchev–Trinajstić information content (AvgIpc) is 2.96. The molecule has 0 spiro atoms. The van der Waals surface area contributed by atoms with Crippen LogP contribution in [0.4, 0.5) is 5.82 Å². The van der Waals surface area contributed by atoms with Crippen molar-refractivity contribution < 1.29 is 4.74 Å². The van der Waals surface area contributed by atoms with Gasteiger partial charge in [-0.05, 0) is 17.5 Å². The maximum atomic E-state index is 6.05. The lowest BCUT2D eigenvalue weighted by atomic mass is 10.0. The maximum Gasteiger partial charge on any atom is 0.265 e. The SMILES string of the molecule is CNc1cn2ccnc2c(Oc2ccccc2C(C)C)n1. The zero-order valence-corrected chi connectivity index (χ0v) is 12.4. The molecule has 0 atom stereocenters. The molecule has 3 rings (SSSR count). The Morgan fingerprint density at radius 3 is 2.81 bits per heavy atom. The quantitative estimate of drug-likeness (QED) is 0.793.